The summed E-state index contributed by atoms with van der Waals surface area (Å²) in [7, 11) is 0. The normalized spacial score (nSPS) is 17.3. The minimum atomic E-state index is -0.816. The van der Waals surface area contributed by atoms with Crippen molar-refractivity contribution in [2.45, 2.75) is 40.2 Å². The van der Waals surface area contributed by atoms with E-state index in [1.165, 1.54) is 17.2 Å². The third-order valence-corrected chi connectivity index (χ3v) is 5.06. The molecule has 29 heavy (non-hydrogen) atoms. The third kappa shape index (κ3) is 4.83. The number of carbonyl (C=O) groups excluding carboxylic acids is 2. The molecule has 2 amide bonds. The Morgan fingerprint density at radius 2 is 2.00 bits per heavy atom. The first-order valence-corrected chi connectivity index (χ1v) is 9.75. The summed E-state index contributed by atoms with van der Waals surface area (Å²) in [4.78, 5) is 29.0. The molecule has 1 unspecified atom stereocenters. The summed E-state index contributed by atoms with van der Waals surface area (Å²) < 4.78 is 33.2. The lowest BCUT2D eigenvalue weighted by atomic mass is 9.90. The van der Waals surface area contributed by atoms with E-state index >= 15 is 0 Å². The van der Waals surface area contributed by atoms with Crippen LogP contribution in [0.5, 0.6) is 0 Å². The molecule has 0 aliphatic carbocycles. The fraction of sp³-hybridized carbons (Fsp3) is 0.455. The molecule has 0 spiro atoms. The van der Waals surface area contributed by atoms with E-state index in [2.05, 4.69) is 0 Å². The van der Waals surface area contributed by atoms with Gasteiger partial charge in [0.15, 0.2) is 0 Å². The minimum Gasteiger partial charge on any atom is -0.467 e. The van der Waals surface area contributed by atoms with Crippen LogP contribution in [0.3, 0.4) is 0 Å². The van der Waals surface area contributed by atoms with Crippen LogP contribution in [0.4, 0.5) is 14.5 Å². The van der Waals surface area contributed by atoms with E-state index in [1.54, 1.807) is 17.0 Å². The second kappa shape index (κ2) is 8.35. The number of furan rings is 1. The zero-order chi connectivity index (χ0) is 21.2. The molecule has 2 aromatic rings. The second-order valence-electron chi connectivity index (χ2n) is 8.44. The molecule has 1 aromatic heterocycles. The molecule has 0 bridgehead atoms. The van der Waals surface area contributed by atoms with E-state index in [9.17, 15) is 18.4 Å². The Bertz CT molecular complexity index is 875. The highest BCUT2D eigenvalue weighted by Crippen LogP contribution is 2.29. The zero-order valence-electron chi connectivity index (χ0n) is 17.0. The second-order valence-corrected chi connectivity index (χ2v) is 8.44. The van der Waals surface area contributed by atoms with Crippen molar-refractivity contribution in [3.05, 3.63) is 54.0 Å². The van der Waals surface area contributed by atoms with E-state index in [0.29, 0.717) is 25.1 Å². The molecule has 1 fully saturated rings. The van der Waals surface area contributed by atoms with Crippen LogP contribution in [0.2, 0.25) is 0 Å². The number of anilines is 1. The summed E-state index contributed by atoms with van der Waals surface area (Å²) in [5.74, 6) is -1.83. The van der Waals surface area contributed by atoms with Crippen molar-refractivity contribution >= 4 is 17.5 Å². The monoisotopic (exact) mass is 404 g/mol. The van der Waals surface area contributed by atoms with Crippen molar-refractivity contribution < 1.29 is 22.8 Å². The van der Waals surface area contributed by atoms with Gasteiger partial charge in [-0.3, -0.25) is 9.59 Å². The molecule has 2 heterocycles. The number of hydrogen-bond acceptors (Lipinski definition) is 3. The number of benzene rings is 1. The van der Waals surface area contributed by atoms with Crippen molar-refractivity contribution in [2.75, 3.05) is 18.0 Å². The maximum atomic E-state index is 14.5. The summed E-state index contributed by atoms with van der Waals surface area (Å²) in [6, 6.07) is 6.51. The van der Waals surface area contributed by atoms with Crippen LogP contribution < -0.4 is 4.90 Å². The SMILES string of the molecule is CC(C)(C)C(=O)N1CCCC(C(=O)N(Cc2ccco2)c2ccc(F)cc2F)C1. The molecule has 1 aliphatic heterocycles. The van der Waals surface area contributed by atoms with Crippen molar-refractivity contribution in [3.63, 3.8) is 0 Å². The number of amides is 2. The molecule has 0 N–H and O–H groups in total. The summed E-state index contributed by atoms with van der Waals surface area (Å²) in [5.41, 5.74) is -0.547. The maximum absolute atomic E-state index is 14.5. The van der Waals surface area contributed by atoms with Gasteiger partial charge in [0, 0.05) is 24.6 Å². The van der Waals surface area contributed by atoms with Gasteiger partial charge < -0.3 is 14.2 Å². The Kier molecular flexibility index (Phi) is 6.05. The molecular weight excluding hydrogens is 378 g/mol. The van der Waals surface area contributed by atoms with Crippen molar-refractivity contribution in [1.29, 1.82) is 0 Å². The van der Waals surface area contributed by atoms with Crippen LogP contribution in [-0.2, 0) is 16.1 Å². The third-order valence-electron chi connectivity index (χ3n) is 5.06. The predicted octanol–water partition coefficient (Wildman–Crippen LogP) is 4.38. The number of rotatable bonds is 4. The first-order chi connectivity index (χ1) is 13.7. The van der Waals surface area contributed by atoms with E-state index in [1.807, 2.05) is 20.8 Å². The first-order valence-electron chi connectivity index (χ1n) is 9.75. The Labute approximate surface area is 169 Å². The molecule has 1 atom stereocenters. The average Bonchev–Trinajstić information content (AvgIpc) is 3.18. The van der Waals surface area contributed by atoms with E-state index < -0.39 is 23.0 Å². The van der Waals surface area contributed by atoms with Crippen LogP contribution >= 0.6 is 0 Å². The summed E-state index contributed by atoms with van der Waals surface area (Å²) in [6.07, 6.45) is 2.77. The van der Waals surface area contributed by atoms with Gasteiger partial charge in [0.25, 0.3) is 0 Å². The highest BCUT2D eigenvalue weighted by molar-refractivity contribution is 5.95. The lowest BCUT2D eigenvalue weighted by molar-refractivity contribution is -0.142. The molecule has 5 nitrogen and oxygen atoms in total. The van der Waals surface area contributed by atoms with Gasteiger partial charge in [-0.2, -0.15) is 0 Å². The zero-order valence-corrected chi connectivity index (χ0v) is 17.0. The average molecular weight is 404 g/mol. The van der Waals surface area contributed by atoms with Crippen LogP contribution in [0.15, 0.2) is 41.0 Å². The molecular formula is C22H26F2N2O3. The number of hydrogen-bond donors (Lipinski definition) is 0. The van der Waals surface area contributed by atoms with Crippen LogP contribution in [-0.4, -0.2) is 29.8 Å². The molecule has 0 saturated carbocycles. The van der Waals surface area contributed by atoms with Gasteiger partial charge in [-0.15, -0.1) is 0 Å². The number of nitrogens with zero attached hydrogens (tertiary/aromatic N) is 2. The van der Waals surface area contributed by atoms with Gasteiger partial charge in [-0.1, -0.05) is 20.8 Å². The molecule has 0 radical (unpaired) electrons. The number of likely N-dealkylation sites (tertiary alicyclic amines) is 1. The van der Waals surface area contributed by atoms with Gasteiger partial charge in [-0.05, 0) is 37.1 Å². The molecule has 156 valence electrons. The highest BCUT2D eigenvalue weighted by atomic mass is 19.1. The number of halogens is 2. The highest BCUT2D eigenvalue weighted by Gasteiger charge is 2.36. The largest absolute Gasteiger partial charge is 0.467 e. The van der Waals surface area contributed by atoms with Crippen LogP contribution in [0.25, 0.3) is 0 Å². The lowest BCUT2D eigenvalue weighted by Crippen LogP contribution is -2.49. The van der Waals surface area contributed by atoms with E-state index in [0.717, 1.165) is 12.1 Å². The van der Waals surface area contributed by atoms with Gasteiger partial charge in [0.1, 0.15) is 17.4 Å². The summed E-state index contributed by atoms with van der Waals surface area (Å²) in [6.45, 7) is 6.45. The Morgan fingerprint density at radius 3 is 2.62 bits per heavy atom. The standard InChI is InChI=1S/C22H26F2N2O3/c1-22(2,3)21(28)25-10-4-6-15(13-25)20(27)26(14-17-7-5-11-29-17)19-9-8-16(23)12-18(19)24/h5,7-9,11-12,15H,4,6,10,13-14H2,1-3H3. The molecule has 1 aliphatic rings. The fourth-order valence-electron chi connectivity index (χ4n) is 3.60. The summed E-state index contributed by atoms with van der Waals surface area (Å²) >= 11 is 0. The van der Waals surface area contributed by atoms with E-state index in [-0.39, 0.29) is 30.6 Å². The Balaban J connectivity index is 1.87. The fourth-order valence-corrected chi connectivity index (χ4v) is 3.60. The molecule has 3 rings (SSSR count). The molecule has 1 aromatic carbocycles. The lowest BCUT2D eigenvalue weighted by Gasteiger charge is -2.37. The van der Waals surface area contributed by atoms with Crippen LogP contribution in [0, 0.1) is 23.0 Å². The topological polar surface area (TPSA) is 53.8 Å². The smallest absolute Gasteiger partial charge is 0.232 e. The van der Waals surface area contributed by atoms with Gasteiger partial charge in [-0.25, -0.2) is 8.78 Å². The predicted molar refractivity (Wildman–Crippen MR) is 105 cm³/mol. The quantitative estimate of drug-likeness (QED) is 0.760. The van der Waals surface area contributed by atoms with Gasteiger partial charge in [0.2, 0.25) is 11.8 Å². The Hall–Kier alpha value is -2.70. The van der Waals surface area contributed by atoms with Gasteiger partial charge in [0.05, 0.1) is 24.4 Å². The van der Waals surface area contributed by atoms with Crippen molar-refractivity contribution in [3.8, 4) is 0 Å². The number of carbonyl (C=O) groups is 2. The minimum absolute atomic E-state index is 0.00734. The number of piperidine rings is 1. The van der Waals surface area contributed by atoms with Crippen molar-refractivity contribution in [1.82, 2.24) is 4.90 Å². The first kappa shape index (κ1) is 21.0. The van der Waals surface area contributed by atoms with E-state index in [4.69, 9.17) is 4.42 Å². The van der Waals surface area contributed by atoms with Crippen LogP contribution in [0.1, 0.15) is 39.4 Å². The maximum Gasteiger partial charge on any atom is 0.232 e. The molecule has 7 heteroatoms. The molecule has 1 saturated heterocycles. The Morgan fingerprint density at radius 1 is 1.24 bits per heavy atom. The summed E-state index contributed by atoms with van der Waals surface area (Å²) in [5, 5.41) is 0. The van der Waals surface area contributed by atoms with Crippen molar-refractivity contribution in [2.24, 2.45) is 11.3 Å². The van der Waals surface area contributed by atoms with Gasteiger partial charge >= 0.3 is 0 Å².